The zero-order valence-corrected chi connectivity index (χ0v) is 28.0. The van der Waals surface area contributed by atoms with Gasteiger partial charge in [0.15, 0.2) is 11.6 Å². The highest BCUT2D eigenvalue weighted by Gasteiger charge is 2.22. The monoisotopic (exact) mass is 666 g/mol. The summed E-state index contributed by atoms with van der Waals surface area (Å²) in [5.74, 6) is 2.56. The maximum absolute atomic E-state index is 5.31. The number of hydrogen-bond donors (Lipinski definition) is 0. The van der Waals surface area contributed by atoms with E-state index in [0.717, 1.165) is 72.2 Å². The summed E-state index contributed by atoms with van der Waals surface area (Å²) in [6.45, 7) is 0. The van der Waals surface area contributed by atoms with Gasteiger partial charge in [0.25, 0.3) is 0 Å². The molecule has 0 spiro atoms. The van der Waals surface area contributed by atoms with Gasteiger partial charge in [0.2, 0.25) is 5.95 Å². The smallest absolute Gasteiger partial charge is 0.238 e. The topological polar surface area (TPSA) is 61.4 Å². The van der Waals surface area contributed by atoms with E-state index in [-0.39, 0.29) is 0 Å². The van der Waals surface area contributed by atoms with Gasteiger partial charge < -0.3 is 0 Å². The fourth-order valence-electron chi connectivity index (χ4n) is 7.23. The molecule has 0 radical (unpaired) electrons. The van der Waals surface area contributed by atoms with Crippen molar-refractivity contribution in [3.05, 3.63) is 182 Å². The minimum Gasteiger partial charge on any atom is -0.292 e. The fraction of sp³-hybridized carbons (Fsp3) is 0. The molecule has 0 aliphatic heterocycles. The van der Waals surface area contributed by atoms with Crippen molar-refractivity contribution in [2.24, 2.45) is 0 Å². The van der Waals surface area contributed by atoms with E-state index < -0.39 is 0 Å². The van der Waals surface area contributed by atoms with Crippen molar-refractivity contribution in [3.8, 4) is 56.9 Å². The van der Waals surface area contributed by atoms with Crippen LogP contribution < -0.4 is 0 Å². The molecule has 6 heteroatoms. The zero-order valence-electron chi connectivity index (χ0n) is 28.0. The predicted molar refractivity (Wildman–Crippen MR) is 211 cm³/mol. The van der Waals surface area contributed by atoms with E-state index in [0.29, 0.717) is 17.6 Å². The quantitative estimate of drug-likeness (QED) is 0.177. The Morgan fingerprint density at radius 1 is 0.346 bits per heavy atom. The van der Waals surface area contributed by atoms with E-state index in [1.165, 1.54) is 0 Å². The first-order chi connectivity index (χ1) is 25.8. The molecule has 0 saturated heterocycles. The standard InChI is InChI=1S/C46H30N6/c1-3-16-31(17-4-1)33-20-15-21-34(30-33)43-48-44(50-46(49-43)52-39-26-11-7-22-35(39)36-23-8-12-27-40(36)52)37-24-9-13-28-41(37)51-42-29-14-10-25-38(42)47-45(51)32-18-5-2-6-19-32/h1-30H. The van der Waals surface area contributed by atoms with Crippen molar-refractivity contribution < 1.29 is 0 Å². The number of hydrogen-bond acceptors (Lipinski definition) is 4. The number of para-hydroxylation sites is 5. The Labute approximate surface area is 300 Å². The second-order valence-corrected chi connectivity index (χ2v) is 12.7. The summed E-state index contributed by atoms with van der Waals surface area (Å²) in [5.41, 5.74) is 9.93. The molecule has 0 fully saturated rings. The van der Waals surface area contributed by atoms with Crippen LogP contribution in [0.5, 0.6) is 0 Å². The Balaban J connectivity index is 1.26. The molecule has 3 aromatic heterocycles. The minimum atomic E-state index is 0.552. The highest BCUT2D eigenvalue weighted by molar-refractivity contribution is 6.09. The van der Waals surface area contributed by atoms with Crippen LogP contribution in [0.3, 0.4) is 0 Å². The van der Waals surface area contributed by atoms with Crippen LogP contribution in [0.2, 0.25) is 0 Å². The molecule has 0 amide bonds. The van der Waals surface area contributed by atoms with E-state index in [9.17, 15) is 0 Å². The third-order valence-corrected chi connectivity index (χ3v) is 9.61. The van der Waals surface area contributed by atoms with Gasteiger partial charge in [0, 0.05) is 27.5 Å². The molecule has 0 unspecified atom stereocenters. The van der Waals surface area contributed by atoms with Gasteiger partial charge in [-0.3, -0.25) is 9.13 Å². The van der Waals surface area contributed by atoms with Crippen LogP contribution in [0, 0.1) is 0 Å². The molecule has 52 heavy (non-hydrogen) atoms. The second kappa shape index (κ2) is 12.3. The van der Waals surface area contributed by atoms with Crippen LogP contribution in [-0.2, 0) is 0 Å². The molecule has 0 aliphatic carbocycles. The Morgan fingerprint density at radius 3 is 1.65 bits per heavy atom. The van der Waals surface area contributed by atoms with E-state index in [1.54, 1.807) is 0 Å². The van der Waals surface area contributed by atoms with Crippen molar-refractivity contribution in [3.63, 3.8) is 0 Å². The molecule has 10 aromatic rings. The van der Waals surface area contributed by atoms with Crippen LogP contribution >= 0.6 is 0 Å². The maximum atomic E-state index is 5.31. The number of imidazole rings is 1. The molecule has 0 atom stereocenters. The number of aromatic nitrogens is 6. The number of benzene rings is 7. The highest BCUT2D eigenvalue weighted by Crippen LogP contribution is 2.36. The van der Waals surface area contributed by atoms with Gasteiger partial charge >= 0.3 is 0 Å². The number of nitrogens with zero attached hydrogens (tertiary/aromatic N) is 6. The minimum absolute atomic E-state index is 0.552. The third-order valence-electron chi connectivity index (χ3n) is 9.61. The summed E-state index contributed by atoms with van der Waals surface area (Å²) >= 11 is 0. The first kappa shape index (κ1) is 29.7. The SMILES string of the molecule is c1ccc(-c2cccc(-c3nc(-c4ccccc4-n4c(-c5ccccc5)nc5ccccc54)nc(-n4c5ccccc5c5ccccc54)n3)c2)cc1. The van der Waals surface area contributed by atoms with Crippen LogP contribution in [0.4, 0.5) is 0 Å². The Hall–Kier alpha value is -7.18. The molecule has 6 nitrogen and oxygen atoms in total. The van der Waals surface area contributed by atoms with E-state index in [2.05, 4.69) is 155 Å². The first-order valence-corrected chi connectivity index (χ1v) is 17.3. The molecule has 10 rings (SSSR count). The van der Waals surface area contributed by atoms with Gasteiger partial charge in [-0.25, -0.2) is 9.97 Å². The van der Waals surface area contributed by atoms with Crippen molar-refractivity contribution >= 4 is 32.8 Å². The Bertz CT molecular complexity index is 2850. The average molecular weight is 667 g/mol. The normalized spacial score (nSPS) is 11.5. The lowest BCUT2D eigenvalue weighted by Gasteiger charge is -2.16. The maximum Gasteiger partial charge on any atom is 0.238 e. The Morgan fingerprint density at radius 2 is 0.904 bits per heavy atom. The van der Waals surface area contributed by atoms with Gasteiger partial charge in [-0.15, -0.1) is 0 Å². The van der Waals surface area contributed by atoms with Gasteiger partial charge in [-0.1, -0.05) is 140 Å². The van der Waals surface area contributed by atoms with Gasteiger partial charge in [0.05, 0.1) is 27.8 Å². The van der Waals surface area contributed by atoms with Crippen LogP contribution in [0.15, 0.2) is 182 Å². The van der Waals surface area contributed by atoms with Crippen LogP contribution in [0.1, 0.15) is 0 Å². The summed E-state index contributed by atoms with van der Waals surface area (Å²) in [6, 6.07) is 62.6. The van der Waals surface area contributed by atoms with E-state index in [1.807, 2.05) is 36.4 Å². The summed E-state index contributed by atoms with van der Waals surface area (Å²) in [6.07, 6.45) is 0. The van der Waals surface area contributed by atoms with E-state index in [4.69, 9.17) is 19.9 Å². The third kappa shape index (κ3) is 4.96. The van der Waals surface area contributed by atoms with Crippen LogP contribution in [0.25, 0.3) is 89.8 Å². The molecular formula is C46H30N6. The van der Waals surface area contributed by atoms with Gasteiger partial charge in [-0.05, 0) is 53.6 Å². The van der Waals surface area contributed by atoms with Gasteiger partial charge in [-0.2, -0.15) is 9.97 Å². The molecule has 0 saturated carbocycles. The zero-order chi connectivity index (χ0) is 34.4. The summed E-state index contributed by atoms with van der Waals surface area (Å²) < 4.78 is 4.38. The Kier molecular flexibility index (Phi) is 7.03. The average Bonchev–Trinajstić information content (AvgIpc) is 3.78. The lowest BCUT2D eigenvalue weighted by Crippen LogP contribution is -2.08. The number of fused-ring (bicyclic) bond motifs is 4. The second-order valence-electron chi connectivity index (χ2n) is 12.7. The summed E-state index contributed by atoms with van der Waals surface area (Å²) in [7, 11) is 0. The predicted octanol–water partition coefficient (Wildman–Crippen LogP) is 11.0. The molecule has 0 bridgehead atoms. The van der Waals surface area contributed by atoms with Crippen molar-refractivity contribution in [1.82, 2.24) is 29.1 Å². The van der Waals surface area contributed by atoms with Gasteiger partial charge in [0.1, 0.15) is 5.82 Å². The molecule has 244 valence electrons. The van der Waals surface area contributed by atoms with Crippen molar-refractivity contribution in [2.45, 2.75) is 0 Å². The summed E-state index contributed by atoms with van der Waals surface area (Å²) in [4.78, 5) is 20.9. The molecule has 7 aromatic carbocycles. The molecule has 0 N–H and O–H groups in total. The summed E-state index contributed by atoms with van der Waals surface area (Å²) in [5, 5.41) is 2.29. The molecule has 3 heterocycles. The first-order valence-electron chi connectivity index (χ1n) is 17.3. The highest BCUT2D eigenvalue weighted by atomic mass is 15.2. The lowest BCUT2D eigenvalue weighted by atomic mass is 10.0. The van der Waals surface area contributed by atoms with E-state index >= 15 is 0 Å². The molecular weight excluding hydrogens is 637 g/mol. The number of rotatable bonds is 6. The molecule has 0 aliphatic rings. The van der Waals surface area contributed by atoms with Crippen molar-refractivity contribution in [1.29, 1.82) is 0 Å². The van der Waals surface area contributed by atoms with Crippen LogP contribution in [-0.4, -0.2) is 29.1 Å². The largest absolute Gasteiger partial charge is 0.292 e. The lowest BCUT2D eigenvalue weighted by molar-refractivity contribution is 0.951. The van der Waals surface area contributed by atoms with Crippen molar-refractivity contribution in [2.75, 3.05) is 0 Å². The fourth-order valence-corrected chi connectivity index (χ4v) is 7.23.